The molecule has 0 atom stereocenters. The van der Waals surface area contributed by atoms with Gasteiger partial charge in [0, 0.05) is 4.90 Å². The van der Waals surface area contributed by atoms with Gasteiger partial charge in [-0.15, -0.1) is 11.8 Å². The third-order valence-corrected chi connectivity index (χ3v) is 3.79. The highest BCUT2D eigenvalue weighted by Crippen LogP contribution is 2.21. The normalized spacial score (nSPS) is 10.4. The summed E-state index contributed by atoms with van der Waals surface area (Å²) in [6, 6.07) is 19.4. The number of thioether (sulfide) groups is 1. The van der Waals surface area contributed by atoms with Gasteiger partial charge in [-0.2, -0.15) is 0 Å². The molecule has 0 bridgehead atoms. The van der Waals surface area contributed by atoms with Gasteiger partial charge in [0.05, 0.1) is 0 Å². The van der Waals surface area contributed by atoms with Crippen LogP contribution in [0.2, 0.25) is 0 Å². The van der Waals surface area contributed by atoms with E-state index in [1.807, 2.05) is 11.8 Å². The van der Waals surface area contributed by atoms with Gasteiger partial charge in [-0.3, -0.25) is 0 Å². The summed E-state index contributed by atoms with van der Waals surface area (Å²) in [5, 5.41) is 0. The first kappa shape index (κ1) is 12.3. The highest BCUT2D eigenvalue weighted by molar-refractivity contribution is 7.98. The Labute approximate surface area is 108 Å². The molecule has 0 saturated carbocycles. The molecule has 2 aromatic rings. The molecule has 0 saturated heterocycles. The Bertz CT molecular complexity index is 448. The van der Waals surface area contributed by atoms with Crippen LogP contribution in [0.3, 0.4) is 0 Å². The van der Waals surface area contributed by atoms with Crippen molar-refractivity contribution in [3.05, 3.63) is 65.7 Å². The smallest absolute Gasteiger partial charge is 0.0101 e. The van der Waals surface area contributed by atoms with Crippen LogP contribution in [0.5, 0.6) is 0 Å². The van der Waals surface area contributed by atoms with Crippen molar-refractivity contribution >= 4 is 11.8 Å². The number of hydrogen-bond acceptors (Lipinski definition) is 1. The molecule has 0 aromatic heterocycles. The summed E-state index contributed by atoms with van der Waals surface area (Å²) in [6.07, 6.45) is 5.72. The fourth-order valence-corrected chi connectivity index (χ4v) is 2.68. The van der Waals surface area contributed by atoms with Crippen molar-refractivity contribution < 1.29 is 0 Å². The second kappa shape index (κ2) is 6.51. The minimum atomic E-state index is 1.17. The molecule has 0 unspecified atom stereocenters. The van der Waals surface area contributed by atoms with E-state index in [2.05, 4.69) is 60.9 Å². The van der Waals surface area contributed by atoms with Gasteiger partial charge in [-0.25, -0.2) is 0 Å². The Kier molecular flexibility index (Phi) is 4.69. The average molecular weight is 242 g/mol. The van der Waals surface area contributed by atoms with E-state index in [-0.39, 0.29) is 0 Å². The Balaban J connectivity index is 1.90. The van der Waals surface area contributed by atoms with Crippen molar-refractivity contribution in [1.82, 2.24) is 0 Å². The number of aryl methyl sites for hydroxylation is 2. The maximum absolute atomic E-state index is 2.25. The monoisotopic (exact) mass is 242 g/mol. The van der Waals surface area contributed by atoms with E-state index in [1.165, 1.54) is 35.3 Å². The zero-order valence-electron chi connectivity index (χ0n) is 10.2. The zero-order chi connectivity index (χ0) is 11.9. The molecule has 17 heavy (non-hydrogen) atoms. The summed E-state index contributed by atoms with van der Waals surface area (Å²) < 4.78 is 0. The summed E-state index contributed by atoms with van der Waals surface area (Å²) in [5.41, 5.74) is 2.92. The van der Waals surface area contributed by atoms with E-state index < -0.39 is 0 Å². The summed E-state index contributed by atoms with van der Waals surface area (Å²) in [5.74, 6) is 0. The van der Waals surface area contributed by atoms with Crippen LogP contribution in [0.1, 0.15) is 17.5 Å². The predicted octanol–water partition coefficient (Wildman–Crippen LogP) is 4.58. The molecule has 0 fully saturated rings. The van der Waals surface area contributed by atoms with Gasteiger partial charge < -0.3 is 0 Å². The van der Waals surface area contributed by atoms with E-state index >= 15 is 0 Å². The Hall–Kier alpha value is -1.21. The van der Waals surface area contributed by atoms with E-state index in [4.69, 9.17) is 0 Å². The SMILES string of the molecule is CSc1ccccc1CCCc1ccccc1. The van der Waals surface area contributed by atoms with Crippen LogP contribution in [-0.2, 0) is 12.8 Å². The summed E-state index contributed by atoms with van der Waals surface area (Å²) in [4.78, 5) is 1.42. The number of benzene rings is 2. The molecule has 0 aliphatic rings. The van der Waals surface area contributed by atoms with Gasteiger partial charge in [-0.05, 0) is 42.7 Å². The van der Waals surface area contributed by atoms with E-state index in [0.717, 1.165) is 0 Å². The fraction of sp³-hybridized carbons (Fsp3) is 0.250. The molecule has 0 spiro atoms. The summed E-state index contributed by atoms with van der Waals surface area (Å²) in [7, 11) is 0. The van der Waals surface area contributed by atoms with Crippen LogP contribution >= 0.6 is 11.8 Å². The van der Waals surface area contributed by atoms with Crippen LogP contribution in [0.25, 0.3) is 0 Å². The summed E-state index contributed by atoms with van der Waals surface area (Å²) >= 11 is 1.84. The fourth-order valence-electron chi connectivity index (χ4n) is 2.04. The lowest BCUT2D eigenvalue weighted by atomic mass is 10.0. The van der Waals surface area contributed by atoms with Crippen molar-refractivity contribution in [2.24, 2.45) is 0 Å². The quantitative estimate of drug-likeness (QED) is 0.691. The van der Waals surface area contributed by atoms with Crippen molar-refractivity contribution in [2.45, 2.75) is 24.2 Å². The molecule has 2 aromatic carbocycles. The highest BCUT2D eigenvalue weighted by atomic mass is 32.2. The predicted molar refractivity (Wildman–Crippen MR) is 76.7 cm³/mol. The highest BCUT2D eigenvalue weighted by Gasteiger charge is 2.00. The lowest BCUT2D eigenvalue weighted by Crippen LogP contribution is -1.91. The zero-order valence-corrected chi connectivity index (χ0v) is 11.0. The van der Waals surface area contributed by atoms with Crippen LogP contribution in [0.15, 0.2) is 59.5 Å². The molecule has 0 nitrogen and oxygen atoms in total. The first-order valence-corrected chi connectivity index (χ1v) is 7.28. The molecule has 0 radical (unpaired) electrons. The third kappa shape index (κ3) is 3.64. The van der Waals surface area contributed by atoms with Crippen molar-refractivity contribution in [3.63, 3.8) is 0 Å². The van der Waals surface area contributed by atoms with Crippen molar-refractivity contribution in [1.29, 1.82) is 0 Å². The Morgan fingerprint density at radius 1 is 0.824 bits per heavy atom. The maximum Gasteiger partial charge on any atom is 0.0101 e. The lowest BCUT2D eigenvalue weighted by Gasteiger charge is -2.06. The number of hydrogen-bond donors (Lipinski definition) is 0. The standard InChI is InChI=1S/C16H18S/c1-17-16-13-6-5-11-15(16)12-7-10-14-8-3-2-4-9-14/h2-6,8-9,11,13H,7,10,12H2,1H3. The second-order valence-corrected chi connectivity index (χ2v) is 5.00. The lowest BCUT2D eigenvalue weighted by molar-refractivity contribution is 0.809. The minimum absolute atomic E-state index is 1.17. The van der Waals surface area contributed by atoms with E-state index in [0.29, 0.717) is 0 Å². The van der Waals surface area contributed by atoms with Gasteiger partial charge in [0.15, 0.2) is 0 Å². The molecule has 2 rings (SSSR count). The van der Waals surface area contributed by atoms with E-state index in [1.54, 1.807) is 0 Å². The van der Waals surface area contributed by atoms with Crippen LogP contribution in [0.4, 0.5) is 0 Å². The molecule has 0 N–H and O–H groups in total. The van der Waals surface area contributed by atoms with Crippen molar-refractivity contribution in [2.75, 3.05) is 6.26 Å². The molecule has 1 heteroatoms. The summed E-state index contributed by atoms with van der Waals surface area (Å²) in [6.45, 7) is 0. The van der Waals surface area contributed by atoms with Gasteiger partial charge in [0.1, 0.15) is 0 Å². The topological polar surface area (TPSA) is 0 Å². The second-order valence-electron chi connectivity index (χ2n) is 4.15. The molecular weight excluding hydrogens is 224 g/mol. The average Bonchev–Trinajstić information content (AvgIpc) is 2.40. The first-order chi connectivity index (χ1) is 8.40. The van der Waals surface area contributed by atoms with Gasteiger partial charge >= 0.3 is 0 Å². The van der Waals surface area contributed by atoms with Crippen LogP contribution in [-0.4, -0.2) is 6.26 Å². The largest absolute Gasteiger partial charge is 0.129 e. The van der Waals surface area contributed by atoms with Gasteiger partial charge in [0.25, 0.3) is 0 Å². The first-order valence-electron chi connectivity index (χ1n) is 6.06. The molecule has 0 heterocycles. The van der Waals surface area contributed by atoms with Gasteiger partial charge in [0.2, 0.25) is 0 Å². The third-order valence-electron chi connectivity index (χ3n) is 2.95. The molecule has 0 aliphatic carbocycles. The van der Waals surface area contributed by atoms with Crippen LogP contribution < -0.4 is 0 Å². The molecule has 0 aliphatic heterocycles. The molecule has 0 amide bonds. The minimum Gasteiger partial charge on any atom is -0.129 e. The van der Waals surface area contributed by atoms with Crippen molar-refractivity contribution in [3.8, 4) is 0 Å². The van der Waals surface area contributed by atoms with Gasteiger partial charge in [-0.1, -0.05) is 48.5 Å². The Morgan fingerprint density at radius 3 is 2.29 bits per heavy atom. The van der Waals surface area contributed by atoms with E-state index in [9.17, 15) is 0 Å². The molecule has 88 valence electrons. The number of rotatable bonds is 5. The Morgan fingerprint density at radius 2 is 1.53 bits per heavy atom. The molecular formula is C16H18S. The van der Waals surface area contributed by atoms with Crippen LogP contribution in [0, 0.1) is 0 Å². The maximum atomic E-state index is 2.25.